The Labute approximate surface area is 105 Å². The Bertz CT molecular complexity index is 457. The first kappa shape index (κ1) is 12.8. The highest BCUT2D eigenvalue weighted by atomic mass is 19.1. The van der Waals surface area contributed by atoms with Crippen LogP contribution in [0.25, 0.3) is 0 Å². The van der Waals surface area contributed by atoms with E-state index in [0.29, 0.717) is 30.3 Å². The van der Waals surface area contributed by atoms with E-state index in [1.54, 1.807) is 6.92 Å². The van der Waals surface area contributed by atoms with E-state index in [9.17, 15) is 9.18 Å². The molecule has 0 radical (unpaired) electrons. The van der Waals surface area contributed by atoms with E-state index in [4.69, 9.17) is 10.5 Å². The van der Waals surface area contributed by atoms with E-state index in [1.165, 1.54) is 12.1 Å². The molecule has 98 valence electrons. The van der Waals surface area contributed by atoms with Gasteiger partial charge in [0.15, 0.2) is 0 Å². The maximum atomic E-state index is 13.8. The van der Waals surface area contributed by atoms with Crippen LogP contribution in [0.1, 0.15) is 22.3 Å². The van der Waals surface area contributed by atoms with Crippen molar-refractivity contribution >= 4 is 11.6 Å². The fourth-order valence-corrected chi connectivity index (χ4v) is 2.04. The summed E-state index contributed by atoms with van der Waals surface area (Å²) in [6.07, 6.45) is 0.929. The predicted octanol–water partition coefficient (Wildman–Crippen LogP) is 1.48. The summed E-state index contributed by atoms with van der Waals surface area (Å²) < 4.78 is 19.0. The fraction of sp³-hybridized carbons (Fsp3) is 0.462. The molecule has 0 aromatic heterocycles. The van der Waals surface area contributed by atoms with Crippen LogP contribution in [0, 0.1) is 18.7 Å². The molecule has 0 spiro atoms. The highest BCUT2D eigenvalue weighted by molar-refractivity contribution is 5.95. The number of ether oxygens (including phenoxy) is 1. The van der Waals surface area contributed by atoms with Crippen molar-refractivity contribution in [2.45, 2.75) is 13.3 Å². The third-order valence-electron chi connectivity index (χ3n) is 3.10. The molecule has 1 heterocycles. The van der Waals surface area contributed by atoms with Gasteiger partial charge >= 0.3 is 0 Å². The molecule has 1 atom stereocenters. The van der Waals surface area contributed by atoms with Crippen molar-refractivity contribution in [3.63, 3.8) is 0 Å². The van der Waals surface area contributed by atoms with Crippen LogP contribution in [-0.4, -0.2) is 25.7 Å². The molecule has 3 N–H and O–H groups in total. The summed E-state index contributed by atoms with van der Waals surface area (Å²) in [5.41, 5.74) is 6.39. The van der Waals surface area contributed by atoms with Crippen molar-refractivity contribution in [3.05, 3.63) is 29.1 Å². The number of amides is 1. The van der Waals surface area contributed by atoms with Crippen LogP contribution in [0.4, 0.5) is 10.1 Å². The third-order valence-corrected chi connectivity index (χ3v) is 3.10. The van der Waals surface area contributed by atoms with Gasteiger partial charge in [-0.25, -0.2) is 4.39 Å². The molecule has 0 bridgehead atoms. The molecule has 1 aromatic rings. The van der Waals surface area contributed by atoms with E-state index in [1.807, 2.05) is 0 Å². The van der Waals surface area contributed by atoms with Crippen molar-refractivity contribution in [2.75, 3.05) is 25.5 Å². The molecule has 1 unspecified atom stereocenters. The summed E-state index contributed by atoms with van der Waals surface area (Å²) in [6.45, 7) is 3.48. The topological polar surface area (TPSA) is 64.4 Å². The zero-order valence-corrected chi connectivity index (χ0v) is 10.3. The number of carbonyl (C=O) groups is 1. The summed E-state index contributed by atoms with van der Waals surface area (Å²) in [6, 6.07) is 2.87. The Balaban J connectivity index is 2.04. The smallest absolute Gasteiger partial charge is 0.254 e. The fourth-order valence-electron chi connectivity index (χ4n) is 2.04. The maximum Gasteiger partial charge on any atom is 0.254 e. The minimum absolute atomic E-state index is 0.00594. The second-order valence-electron chi connectivity index (χ2n) is 4.64. The number of aryl methyl sites for hydroxylation is 1. The maximum absolute atomic E-state index is 13.8. The minimum Gasteiger partial charge on any atom is -0.399 e. The largest absolute Gasteiger partial charge is 0.399 e. The highest BCUT2D eigenvalue weighted by Crippen LogP contribution is 2.17. The average molecular weight is 252 g/mol. The molecular weight excluding hydrogens is 235 g/mol. The number of halogens is 1. The van der Waals surface area contributed by atoms with Crippen molar-refractivity contribution in [2.24, 2.45) is 5.92 Å². The molecule has 0 saturated carbocycles. The van der Waals surface area contributed by atoms with Crippen molar-refractivity contribution in [1.82, 2.24) is 5.32 Å². The number of hydrogen-bond donors (Lipinski definition) is 2. The third kappa shape index (κ3) is 2.79. The van der Waals surface area contributed by atoms with Crippen LogP contribution < -0.4 is 11.1 Å². The number of nitrogens with one attached hydrogen (secondary N) is 1. The van der Waals surface area contributed by atoms with Gasteiger partial charge in [-0.1, -0.05) is 0 Å². The molecule has 1 aromatic carbocycles. The molecule has 2 rings (SSSR count). The molecule has 1 saturated heterocycles. The van der Waals surface area contributed by atoms with Crippen LogP contribution in [0.15, 0.2) is 12.1 Å². The van der Waals surface area contributed by atoms with Gasteiger partial charge in [-0.2, -0.15) is 0 Å². The second-order valence-corrected chi connectivity index (χ2v) is 4.64. The first-order valence-electron chi connectivity index (χ1n) is 5.99. The van der Waals surface area contributed by atoms with Gasteiger partial charge in [0.05, 0.1) is 12.2 Å². The number of anilines is 1. The molecular formula is C13H17FN2O2. The average Bonchev–Trinajstić information content (AvgIpc) is 2.83. The van der Waals surface area contributed by atoms with E-state index in [2.05, 4.69) is 5.32 Å². The molecule has 5 heteroatoms. The van der Waals surface area contributed by atoms with Gasteiger partial charge in [-0.3, -0.25) is 4.79 Å². The van der Waals surface area contributed by atoms with Gasteiger partial charge < -0.3 is 15.8 Å². The Hall–Kier alpha value is -1.62. The lowest BCUT2D eigenvalue weighted by molar-refractivity contribution is 0.0941. The number of nitrogen functional groups attached to an aromatic ring is 1. The van der Waals surface area contributed by atoms with Crippen LogP contribution in [0.3, 0.4) is 0 Å². The zero-order valence-electron chi connectivity index (χ0n) is 10.3. The molecule has 1 amide bonds. The summed E-state index contributed by atoms with van der Waals surface area (Å²) in [7, 11) is 0. The lowest BCUT2D eigenvalue weighted by Gasteiger charge is -2.11. The normalized spacial score (nSPS) is 18.9. The van der Waals surface area contributed by atoms with Crippen molar-refractivity contribution in [3.8, 4) is 0 Å². The zero-order chi connectivity index (χ0) is 13.1. The van der Waals surface area contributed by atoms with Gasteiger partial charge in [-0.05, 0) is 31.0 Å². The van der Waals surface area contributed by atoms with E-state index >= 15 is 0 Å². The van der Waals surface area contributed by atoms with Gasteiger partial charge in [0.2, 0.25) is 0 Å². The second kappa shape index (κ2) is 5.35. The minimum atomic E-state index is -0.510. The predicted molar refractivity (Wildman–Crippen MR) is 66.8 cm³/mol. The van der Waals surface area contributed by atoms with Gasteiger partial charge in [0, 0.05) is 24.8 Å². The van der Waals surface area contributed by atoms with Gasteiger partial charge in [0.25, 0.3) is 5.91 Å². The van der Waals surface area contributed by atoms with Gasteiger partial charge in [0.1, 0.15) is 5.82 Å². The van der Waals surface area contributed by atoms with Crippen LogP contribution in [0.5, 0.6) is 0 Å². The van der Waals surface area contributed by atoms with Crippen LogP contribution in [0.2, 0.25) is 0 Å². The SMILES string of the molecule is Cc1cc(N)cc(C(=O)NCC2CCOC2)c1F. The molecule has 1 aliphatic heterocycles. The van der Waals surface area contributed by atoms with E-state index < -0.39 is 11.7 Å². The van der Waals surface area contributed by atoms with E-state index in [-0.39, 0.29) is 5.56 Å². The van der Waals surface area contributed by atoms with Crippen LogP contribution in [-0.2, 0) is 4.74 Å². The Morgan fingerprint density at radius 2 is 2.39 bits per heavy atom. The molecule has 1 fully saturated rings. The lowest BCUT2D eigenvalue weighted by atomic mass is 10.1. The summed E-state index contributed by atoms with van der Waals surface area (Å²) in [5, 5.41) is 2.72. The standard InChI is InChI=1S/C13H17FN2O2/c1-8-4-10(15)5-11(12(8)14)13(17)16-6-9-2-3-18-7-9/h4-5,9H,2-3,6-7,15H2,1H3,(H,16,17). The molecule has 1 aliphatic rings. The van der Waals surface area contributed by atoms with E-state index in [0.717, 1.165) is 13.0 Å². The number of hydrogen-bond acceptors (Lipinski definition) is 3. The lowest BCUT2D eigenvalue weighted by Crippen LogP contribution is -2.30. The number of benzene rings is 1. The van der Waals surface area contributed by atoms with Crippen molar-refractivity contribution < 1.29 is 13.9 Å². The van der Waals surface area contributed by atoms with Gasteiger partial charge in [-0.15, -0.1) is 0 Å². The number of rotatable bonds is 3. The molecule has 18 heavy (non-hydrogen) atoms. The van der Waals surface area contributed by atoms with Crippen LogP contribution >= 0.6 is 0 Å². The summed E-state index contributed by atoms with van der Waals surface area (Å²) >= 11 is 0. The number of nitrogens with two attached hydrogens (primary N) is 1. The highest BCUT2D eigenvalue weighted by Gasteiger charge is 2.19. The van der Waals surface area contributed by atoms with Crippen molar-refractivity contribution in [1.29, 1.82) is 0 Å². The quantitative estimate of drug-likeness (QED) is 0.801. The Kier molecular flexibility index (Phi) is 3.81. The summed E-state index contributed by atoms with van der Waals surface area (Å²) in [4.78, 5) is 11.9. The summed E-state index contributed by atoms with van der Waals surface area (Å²) in [5.74, 6) is -0.613. The Morgan fingerprint density at radius 1 is 1.61 bits per heavy atom. The monoisotopic (exact) mass is 252 g/mol. The molecule has 4 nitrogen and oxygen atoms in total. The number of carbonyl (C=O) groups excluding carboxylic acids is 1. The first-order valence-corrected chi connectivity index (χ1v) is 5.99. The first-order chi connectivity index (χ1) is 8.58. The Morgan fingerprint density at radius 3 is 3.06 bits per heavy atom. The molecule has 0 aliphatic carbocycles.